The summed E-state index contributed by atoms with van der Waals surface area (Å²) in [4.78, 5) is 0. The van der Waals surface area contributed by atoms with Gasteiger partial charge in [0.1, 0.15) is 0 Å². The van der Waals surface area contributed by atoms with Crippen molar-refractivity contribution in [3.05, 3.63) is 0 Å². The van der Waals surface area contributed by atoms with E-state index in [1.807, 2.05) is 27.7 Å². The number of hydrogen-bond acceptors (Lipinski definition) is 3. The first kappa shape index (κ1) is 16.7. The van der Waals surface area contributed by atoms with Gasteiger partial charge in [0.25, 0.3) is 0 Å². The third-order valence-electron chi connectivity index (χ3n) is 2.02. The molecule has 0 radical (unpaired) electrons. The van der Waals surface area contributed by atoms with Crippen LogP contribution in [0.25, 0.3) is 0 Å². The van der Waals surface area contributed by atoms with Crippen LogP contribution >= 0.6 is 23.2 Å². The molecule has 0 aromatic heterocycles. The van der Waals surface area contributed by atoms with Crippen LogP contribution in [0.3, 0.4) is 0 Å². The fourth-order valence-electron chi connectivity index (χ4n) is 1.48. The van der Waals surface area contributed by atoms with Crippen molar-refractivity contribution in [3.63, 3.8) is 0 Å². The maximum atomic E-state index is 6.35. The van der Waals surface area contributed by atoms with Crippen molar-refractivity contribution >= 4 is 32.0 Å². The maximum absolute atomic E-state index is 6.35. The van der Waals surface area contributed by atoms with Crippen molar-refractivity contribution in [2.45, 2.75) is 44.5 Å². The molecule has 98 valence electrons. The highest BCUT2D eigenvalue weighted by molar-refractivity contribution is 6.85. The average molecular weight is 289 g/mol. The Balaban J connectivity index is 4.96. The van der Waals surface area contributed by atoms with Gasteiger partial charge < -0.3 is 13.3 Å². The predicted octanol–water partition coefficient (Wildman–Crippen LogP) is 3.55. The summed E-state index contributed by atoms with van der Waals surface area (Å²) in [7, 11) is -3.01. The van der Waals surface area contributed by atoms with E-state index in [2.05, 4.69) is 0 Å². The molecule has 0 aromatic carbocycles. The lowest BCUT2D eigenvalue weighted by Crippen LogP contribution is -2.59. The lowest BCUT2D eigenvalue weighted by molar-refractivity contribution is 0.0641. The zero-order valence-corrected chi connectivity index (χ0v) is 13.0. The minimum atomic E-state index is -3.01. The van der Waals surface area contributed by atoms with E-state index in [0.717, 1.165) is 6.42 Å². The van der Waals surface area contributed by atoms with Crippen molar-refractivity contribution in [2.24, 2.45) is 0 Å². The van der Waals surface area contributed by atoms with E-state index in [9.17, 15) is 0 Å². The van der Waals surface area contributed by atoms with Gasteiger partial charge in [0, 0.05) is 19.8 Å². The highest BCUT2D eigenvalue weighted by Gasteiger charge is 2.59. The Kier molecular flexibility index (Phi) is 8.23. The van der Waals surface area contributed by atoms with Crippen molar-refractivity contribution in [1.29, 1.82) is 0 Å². The molecule has 0 saturated heterocycles. The molecule has 0 heterocycles. The van der Waals surface area contributed by atoms with Crippen LogP contribution < -0.4 is 0 Å². The molecule has 0 aromatic rings. The fourth-order valence-corrected chi connectivity index (χ4v) is 5.42. The summed E-state index contributed by atoms with van der Waals surface area (Å²) in [6, 6.07) is 0. The van der Waals surface area contributed by atoms with Crippen molar-refractivity contribution in [3.8, 4) is 0 Å². The molecule has 3 nitrogen and oxygen atoms in total. The lowest BCUT2D eigenvalue weighted by atomic mass is 10.4. The van der Waals surface area contributed by atoms with E-state index in [-0.39, 0.29) is 0 Å². The average Bonchev–Trinajstić information content (AvgIpc) is 2.18. The number of hydrogen-bond donors (Lipinski definition) is 0. The Morgan fingerprint density at radius 1 is 0.875 bits per heavy atom. The topological polar surface area (TPSA) is 27.7 Å². The third-order valence-corrected chi connectivity index (χ3v) is 6.93. The van der Waals surface area contributed by atoms with Gasteiger partial charge in [0.15, 0.2) is 3.96 Å². The second-order valence-electron chi connectivity index (χ2n) is 3.31. The lowest BCUT2D eigenvalue weighted by Gasteiger charge is -2.37. The van der Waals surface area contributed by atoms with Crippen LogP contribution in [-0.2, 0) is 13.3 Å². The normalized spacial score (nSPS) is 13.1. The summed E-state index contributed by atoms with van der Waals surface area (Å²) in [6.07, 6.45) is 1.46. The summed E-state index contributed by atoms with van der Waals surface area (Å²) >= 11 is 12.7. The zero-order chi connectivity index (χ0) is 12.7. The van der Waals surface area contributed by atoms with Gasteiger partial charge in [0.05, 0.1) is 0 Å². The molecule has 0 fully saturated rings. The molecule has 0 N–H and O–H groups in total. The van der Waals surface area contributed by atoms with Crippen LogP contribution in [0.2, 0.25) is 0 Å². The zero-order valence-electron chi connectivity index (χ0n) is 10.5. The number of alkyl halides is 2. The first-order valence-corrected chi connectivity index (χ1v) is 8.27. The van der Waals surface area contributed by atoms with Crippen LogP contribution in [0.15, 0.2) is 0 Å². The minimum Gasteiger partial charge on any atom is -0.372 e. The molecule has 0 bridgehead atoms. The van der Waals surface area contributed by atoms with Crippen LogP contribution in [0.1, 0.15) is 40.5 Å². The van der Waals surface area contributed by atoms with Gasteiger partial charge in [-0.15, -0.1) is 0 Å². The molecule has 0 aliphatic heterocycles. The minimum absolute atomic E-state index is 0.483. The van der Waals surface area contributed by atoms with Gasteiger partial charge in [-0.05, 0) is 27.2 Å². The van der Waals surface area contributed by atoms with Gasteiger partial charge >= 0.3 is 8.80 Å². The van der Waals surface area contributed by atoms with Crippen LogP contribution in [0.4, 0.5) is 0 Å². The van der Waals surface area contributed by atoms with Crippen LogP contribution in [0, 0.1) is 0 Å². The van der Waals surface area contributed by atoms with E-state index in [1.165, 1.54) is 0 Å². The Hall–Kier alpha value is 0.677. The molecule has 0 spiro atoms. The molecule has 0 atom stereocenters. The second-order valence-corrected chi connectivity index (χ2v) is 8.26. The highest BCUT2D eigenvalue weighted by atomic mass is 35.5. The van der Waals surface area contributed by atoms with Crippen molar-refractivity contribution < 1.29 is 13.3 Å². The quantitative estimate of drug-likeness (QED) is 0.480. The highest BCUT2D eigenvalue weighted by Crippen LogP contribution is 2.39. The summed E-state index contributed by atoms with van der Waals surface area (Å²) in [5.74, 6) is 0. The first-order valence-electron chi connectivity index (χ1n) is 5.79. The van der Waals surface area contributed by atoms with E-state index < -0.39 is 12.8 Å². The number of halogens is 2. The van der Waals surface area contributed by atoms with Crippen LogP contribution in [-0.4, -0.2) is 32.6 Å². The summed E-state index contributed by atoms with van der Waals surface area (Å²) in [5, 5.41) is 0. The Morgan fingerprint density at radius 3 is 1.50 bits per heavy atom. The first-order chi connectivity index (χ1) is 7.49. The molecule has 0 saturated carbocycles. The van der Waals surface area contributed by atoms with Crippen molar-refractivity contribution in [2.75, 3.05) is 19.8 Å². The SMILES string of the molecule is CCCC(Cl)(Cl)[Si](OCC)(OCC)OCC. The van der Waals surface area contributed by atoms with Gasteiger partial charge in [0.2, 0.25) is 0 Å². The molecule has 0 aliphatic carbocycles. The predicted molar refractivity (Wildman–Crippen MR) is 70.0 cm³/mol. The Bertz CT molecular complexity index is 174. The summed E-state index contributed by atoms with van der Waals surface area (Å²) in [6.45, 7) is 9.12. The Labute approximate surface area is 110 Å². The smallest absolute Gasteiger partial charge is 0.372 e. The summed E-state index contributed by atoms with van der Waals surface area (Å²) in [5.41, 5.74) is 0. The molecule has 0 unspecified atom stereocenters. The van der Waals surface area contributed by atoms with Gasteiger partial charge in [-0.3, -0.25) is 0 Å². The van der Waals surface area contributed by atoms with Gasteiger partial charge in [-0.2, -0.15) is 0 Å². The third kappa shape index (κ3) is 4.16. The molecule has 6 heteroatoms. The standard InChI is InChI=1S/C10H22Cl2O3Si/c1-5-9-10(11,12)16(13-6-2,14-7-3)15-8-4/h5-9H2,1-4H3. The maximum Gasteiger partial charge on any atom is 0.538 e. The van der Waals surface area contributed by atoms with E-state index in [0.29, 0.717) is 26.2 Å². The summed E-state index contributed by atoms with van der Waals surface area (Å²) < 4.78 is 15.9. The van der Waals surface area contributed by atoms with E-state index in [1.54, 1.807) is 0 Å². The molecular weight excluding hydrogens is 267 g/mol. The molecule has 16 heavy (non-hydrogen) atoms. The van der Waals surface area contributed by atoms with Gasteiger partial charge in [-0.25, -0.2) is 0 Å². The van der Waals surface area contributed by atoms with Crippen LogP contribution in [0.5, 0.6) is 0 Å². The second kappa shape index (κ2) is 7.90. The molecular formula is C10H22Cl2O3Si. The van der Waals surface area contributed by atoms with Crippen molar-refractivity contribution in [1.82, 2.24) is 0 Å². The molecule has 0 aliphatic rings. The Morgan fingerprint density at radius 2 is 1.25 bits per heavy atom. The van der Waals surface area contributed by atoms with E-state index >= 15 is 0 Å². The molecule has 0 rings (SSSR count). The number of rotatable bonds is 9. The monoisotopic (exact) mass is 288 g/mol. The fraction of sp³-hybridized carbons (Fsp3) is 1.00. The largest absolute Gasteiger partial charge is 0.538 e. The molecule has 0 amide bonds. The van der Waals surface area contributed by atoms with E-state index in [4.69, 9.17) is 36.5 Å². The van der Waals surface area contributed by atoms with Gasteiger partial charge in [-0.1, -0.05) is 36.5 Å².